The van der Waals surface area contributed by atoms with Gasteiger partial charge >= 0.3 is 5.97 Å². The van der Waals surface area contributed by atoms with E-state index in [1.165, 1.54) is 53.7 Å². The summed E-state index contributed by atoms with van der Waals surface area (Å²) in [6.45, 7) is 30.2. The molecular weight excluding hydrogens is 492 g/mol. The van der Waals surface area contributed by atoms with Gasteiger partial charge in [-0.25, -0.2) is 4.79 Å². The van der Waals surface area contributed by atoms with Crippen molar-refractivity contribution >= 4 is 16.9 Å². The van der Waals surface area contributed by atoms with Gasteiger partial charge in [0.25, 0.3) is 0 Å². The standard InChI is InChI=1S/C30H42N2O2.3C2H6/c1-7-14-31(15-13-21(2)3)19-22(4)20-32-24(6)23(5)28-18-26(11-12-29(28)32)16-25-9-8-10-27(17-25)30(33)34;3*1-2/h8-12,17-18,21-22H,7,13-16,19-20H2,1-6H3,(H,33,34);3*1-2H3. The molecule has 0 amide bonds. The van der Waals surface area contributed by atoms with E-state index in [0.29, 0.717) is 11.5 Å². The molecule has 226 valence electrons. The topological polar surface area (TPSA) is 45.5 Å². The van der Waals surface area contributed by atoms with E-state index in [-0.39, 0.29) is 0 Å². The number of fused-ring (bicyclic) bond motifs is 1. The molecule has 1 unspecified atom stereocenters. The van der Waals surface area contributed by atoms with Crippen molar-refractivity contribution in [3.05, 3.63) is 70.4 Å². The molecule has 0 aliphatic rings. The SMILES string of the molecule is CC.CC.CC.CCCN(CCC(C)C)CC(C)Cn1c(C)c(C)c2cc(Cc3cccc(C(=O)O)c3)ccc21. The monoisotopic (exact) mass is 552 g/mol. The van der Waals surface area contributed by atoms with Crippen LogP contribution in [0.15, 0.2) is 42.5 Å². The van der Waals surface area contributed by atoms with Gasteiger partial charge in [-0.05, 0) is 99.0 Å². The Labute approximate surface area is 246 Å². The lowest BCUT2D eigenvalue weighted by molar-refractivity contribution is 0.0696. The second-order valence-corrected chi connectivity index (χ2v) is 10.4. The highest BCUT2D eigenvalue weighted by molar-refractivity contribution is 5.88. The average molecular weight is 553 g/mol. The van der Waals surface area contributed by atoms with Crippen molar-refractivity contribution in [1.29, 1.82) is 0 Å². The van der Waals surface area contributed by atoms with Crippen molar-refractivity contribution in [3.8, 4) is 0 Å². The highest BCUT2D eigenvalue weighted by Gasteiger charge is 2.16. The molecular formula is C36H60N2O2. The van der Waals surface area contributed by atoms with E-state index in [9.17, 15) is 9.90 Å². The number of carboxylic acids is 1. The molecule has 0 saturated carbocycles. The van der Waals surface area contributed by atoms with Crippen LogP contribution in [0, 0.1) is 25.7 Å². The van der Waals surface area contributed by atoms with Crippen LogP contribution in [-0.2, 0) is 13.0 Å². The predicted octanol–water partition coefficient (Wildman–Crippen LogP) is 10.0. The first kappa shape index (κ1) is 37.4. The minimum atomic E-state index is -0.878. The van der Waals surface area contributed by atoms with Crippen LogP contribution >= 0.6 is 0 Å². The number of aromatic nitrogens is 1. The third-order valence-corrected chi connectivity index (χ3v) is 6.91. The third kappa shape index (κ3) is 11.5. The highest BCUT2D eigenvalue weighted by Crippen LogP contribution is 2.28. The van der Waals surface area contributed by atoms with Crippen LogP contribution < -0.4 is 0 Å². The van der Waals surface area contributed by atoms with Crippen molar-refractivity contribution in [2.24, 2.45) is 11.8 Å². The van der Waals surface area contributed by atoms with Crippen LogP contribution in [-0.4, -0.2) is 40.2 Å². The number of rotatable bonds is 12. The molecule has 2 aromatic carbocycles. The zero-order chi connectivity index (χ0) is 30.8. The van der Waals surface area contributed by atoms with Gasteiger partial charge in [0.2, 0.25) is 0 Å². The Hall–Kier alpha value is -2.59. The molecule has 40 heavy (non-hydrogen) atoms. The van der Waals surface area contributed by atoms with E-state index in [1.54, 1.807) is 12.1 Å². The normalized spacial score (nSPS) is 11.2. The first-order valence-electron chi connectivity index (χ1n) is 15.8. The molecule has 1 N–H and O–H groups in total. The van der Waals surface area contributed by atoms with E-state index < -0.39 is 5.97 Å². The number of benzene rings is 2. The Morgan fingerprint density at radius 3 is 2.10 bits per heavy atom. The molecule has 3 rings (SSSR count). The molecule has 0 aliphatic carbocycles. The zero-order valence-electron chi connectivity index (χ0n) is 27.9. The molecule has 0 bridgehead atoms. The fourth-order valence-corrected chi connectivity index (χ4v) is 4.95. The molecule has 0 saturated heterocycles. The van der Waals surface area contributed by atoms with Crippen molar-refractivity contribution < 1.29 is 9.90 Å². The third-order valence-electron chi connectivity index (χ3n) is 6.91. The van der Waals surface area contributed by atoms with Crippen LogP contribution in [0.4, 0.5) is 0 Å². The molecule has 1 heterocycles. The van der Waals surface area contributed by atoms with Gasteiger partial charge in [0.05, 0.1) is 5.56 Å². The van der Waals surface area contributed by atoms with Crippen LogP contribution in [0.5, 0.6) is 0 Å². The molecule has 4 nitrogen and oxygen atoms in total. The first-order chi connectivity index (χ1) is 19.2. The summed E-state index contributed by atoms with van der Waals surface area (Å²) in [6, 6.07) is 14.0. The van der Waals surface area contributed by atoms with Crippen molar-refractivity contribution in [1.82, 2.24) is 9.47 Å². The molecule has 0 fully saturated rings. The molecule has 0 spiro atoms. The minimum Gasteiger partial charge on any atom is -0.478 e. The number of carbonyl (C=O) groups is 1. The van der Waals surface area contributed by atoms with Crippen LogP contribution in [0.25, 0.3) is 10.9 Å². The summed E-state index contributed by atoms with van der Waals surface area (Å²) in [5, 5.41) is 10.6. The number of nitrogens with zero attached hydrogens (tertiary/aromatic N) is 2. The lowest BCUT2D eigenvalue weighted by Crippen LogP contribution is -2.32. The summed E-state index contributed by atoms with van der Waals surface area (Å²) >= 11 is 0. The largest absolute Gasteiger partial charge is 0.478 e. The summed E-state index contributed by atoms with van der Waals surface area (Å²) in [7, 11) is 0. The van der Waals surface area contributed by atoms with Gasteiger partial charge in [-0.3, -0.25) is 0 Å². The highest BCUT2D eigenvalue weighted by atomic mass is 16.4. The van der Waals surface area contributed by atoms with Gasteiger partial charge < -0.3 is 14.6 Å². The van der Waals surface area contributed by atoms with Crippen molar-refractivity contribution in [3.63, 3.8) is 0 Å². The van der Waals surface area contributed by atoms with Crippen molar-refractivity contribution in [2.75, 3.05) is 19.6 Å². The average Bonchev–Trinajstić information content (AvgIpc) is 3.19. The molecule has 0 aliphatic heterocycles. The van der Waals surface area contributed by atoms with E-state index in [4.69, 9.17) is 0 Å². The van der Waals surface area contributed by atoms with E-state index in [1.807, 2.05) is 53.7 Å². The maximum absolute atomic E-state index is 11.3. The number of aryl methyl sites for hydroxylation is 1. The number of aromatic carboxylic acids is 1. The lowest BCUT2D eigenvalue weighted by atomic mass is 10.0. The fraction of sp³-hybridized carbons (Fsp3) is 0.583. The zero-order valence-corrected chi connectivity index (χ0v) is 27.9. The molecule has 3 aromatic rings. The van der Waals surface area contributed by atoms with Gasteiger partial charge in [0, 0.05) is 29.7 Å². The number of carboxylic acid groups (broad SMARTS) is 1. The van der Waals surface area contributed by atoms with Gasteiger partial charge in [-0.15, -0.1) is 0 Å². The van der Waals surface area contributed by atoms with Crippen molar-refractivity contribution in [2.45, 2.75) is 109 Å². The predicted molar refractivity (Wildman–Crippen MR) is 177 cm³/mol. The van der Waals surface area contributed by atoms with Gasteiger partial charge in [0.15, 0.2) is 0 Å². The lowest BCUT2D eigenvalue weighted by Gasteiger charge is -2.27. The van der Waals surface area contributed by atoms with Crippen LogP contribution in [0.1, 0.15) is 115 Å². The summed E-state index contributed by atoms with van der Waals surface area (Å²) in [5.41, 5.74) is 6.57. The Balaban J connectivity index is 0.00000237. The summed E-state index contributed by atoms with van der Waals surface area (Å²) in [6.07, 6.45) is 3.20. The Morgan fingerprint density at radius 2 is 1.52 bits per heavy atom. The first-order valence-corrected chi connectivity index (χ1v) is 15.8. The van der Waals surface area contributed by atoms with Gasteiger partial charge in [-0.2, -0.15) is 0 Å². The van der Waals surface area contributed by atoms with Gasteiger partial charge in [-0.1, -0.05) is 87.4 Å². The van der Waals surface area contributed by atoms with E-state index in [2.05, 4.69) is 69.2 Å². The second-order valence-electron chi connectivity index (χ2n) is 10.4. The summed E-state index contributed by atoms with van der Waals surface area (Å²) in [4.78, 5) is 14.0. The summed E-state index contributed by atoms with van der Waals surface area (Å²) < 4.78 is 2.50. The number of hydrogen-bond donors (Lipinski definition) is 1. The Kier molecular flexibility index (Phi) is 19.0. The van der Waals surface area contributed by atoms with Crippen LogP contribution in [0.3, 0.4) is 0 Å². The van der Waals surface area contributed by atoms with Crippen LogP contribution in [0.2, 0.25) is 0 Å². The molecule has 0 radical (unpaired) electrons. The second kappa shape index (κ2) is 20.3. The quantitative estimate of drug-likeness (QED) is 0.243. The molecule has 1 aromatic heterocycles. The molecule has 1 atom stereocenters. The fourth-order valence-electron chi connectivity index (χ4n) is 4.95. The Morgan fingerprint density at radius 1 is 0.900 bits per heavy atom. The summed E-state index contributed by atoms with van der Waals surface area (Å²) in [5.74, 6) is 0.441. The van der Waals surface area contributed by atoms with Gasteiger partial charge in [0.1, 0.15) is 0 Å². The minimum absolute atomic E-state index is 0.344. The van der Waals surface area contributed by atoms with E-state index >= 15 is 0 Å². The van der Waals surface area contributed by atoms with E-state index in [0.717, 1.165) is 31.0 Å². The maximum Gasteiger partial charge on any atom is 0.335 e. The smallest absolute Gasteiger partial charge is 0.335 e. The number of hydrogen-bond acceptors (Lipinski definition) is 2. The maximum atomic E-state index is 11.3. The molecule has 4 heteroatoms. The Bertz CT molecular complexity index is 1110.